The molecule has 1 heterocycles. The number of benzene rings is 1. The molecule has 1 aromatic carbocycles. The Kier molecular flexibility index (Phi) is 4.78. The molecule has 1 aromatic heterocycles. The van der Waals surface area contributed by atoms with Crippen LogP contribution in [0, 0.1) is 9.39 Å². The highest BCUT2D eigenvalue weighted by Crippen LogP contribution is 2.38. The summed E-state index contributed by atoms with van der Waals surface area (Å²) in [6.45, 7) is 0. The average molecular weight is 448 g/mol. The van der Waals surface area contributed by atoms with Gasteiger partial charge in [0.25, 0.3) is 5.56 Å². The molecule has 0 saturated carbocycles. The molecular formula is C14H10FIN2O6. The predicted octanol–water partition coefficient (Wildman–Crippen LogP) is 1.77. The Hall–Kier alpha value is -2.63. The lowest BCUT2D eigenvalue weighted by Gasteiger charge is -2.15. The van der Waals surface area contributed by atoms with E-state index in [0.717, 1.165) is 7.11 Å². The summed E-state index contributed by atoms with van der Waals surface area (Å²) in [6.07, 6.45) is 0. The molecule has 0 atom stereocenters. The van der Waals surface area contributed by atoms with Gasteiger partial charge in [-0.15, -0.1) is 0 Å². The molecule has 8 nitrogen and oxygen atoms in total. The van der Waals surface area contributed by atoms with E-state index in [2.05, 4.69) is 0 Å². The van der Waals surface area contributed by atoms with Gasteiger partial charge in [-0.1, -0.05) is 0 Å². The molecule has 0 unspecified atom stereocenters. The van der Waals surface area contributed by atoms with Crippen LogP contribution >= 0.6 is 22.6 Å². The first kappa shape index (κ1) is 17.7. The number of hydrogen-bond donors (Lipinski definition) is 4. The van der Waals surface area contributed by atoms with Crippen molar-refractivity contribution in [3.8, 4) is 16.9 Å². The lowest BCUT2D eigenvalue weighted by molar-refractivity contribution is 0.0695. The van der Waals surface area contributed by atoms with E-state index in [9.17, 15) is 29.0 Å². The van der Waals surface area contributed by atoms with Crippen LogP contribution in [0.25, 0.3) is 11.1 Å². The molecule has 24 heavy (non-hydrogen) atoms. The number of carboxylic acid groups (broad SMARTS) is 2. The van der Waals surface area contributed by atoms with Crippen molar-refractivity contribution >= 4 is 40.3 Å². The van der Waals surface area contributed by atoms with Gasteiger partial charge in [-0.2, -0.15) is 0 Å². The lowest BCUT2D eigenvalue weighted by atomic mass is 9.94. The Bertz CT molecular complexity index is 924. The third kappa shape index (κ3) is 2.79. The van der Waals surface area contributed by atoms with E-state index >= 15 is 0 Å². The molecule has 0 amide bonds. The number of H-pyrrole nitrogens is 1. The van der Waals surface area contributed by atoms with Gasteiger partial charge in [0.15, 0.2) is 11.6 Å². The quantitative estimate of drug-likeness (QED) is 0.523. The Morgan fingerprint density at radius 3 is 2.33 bits per heavy atom. The van der Waals surface area contributed by atoms with Crippen LogP contribution in [-0.4, -0.2) is 34.2 Å². The maximum atomic E-state index is 14.3. The number of carbonyl (C=O) groups is 2. The minimum atomic E-state index is -1.69. The zero-order chi connectivity index (χ0) is 18.2. The monoisotopic (exact) mass is 448 g/mol. The van der Waals surface area contributed by atoms with Crippen LogP contribution in [0.3, 0.4) is 0 Å². The van der Waals surface area contributed by atoms with Crippen LogP contribution in [-0.2, 0) is 0 Å². The number of pyridine rings is 1. The number of nitrogens with one attached hydrogen (secondary N) is 1. The molecule has 0 aliphatic heterocycles. The maximum absolute atomic E-state index is 14.3. The number of aromatic nitrogens is 1. The van der Waals surface area contributed by atoms with E-state index in [1.165, 1.54) is 12.1 Å². The van der Waals surface area contributed by atoms with E-state index in [1.54, 1.807) is 22.6 Å². The average Bonchev–Trinajstić information content (AvgIpc) is 2.48. The first-order valence-corrected chi connectivity index (χ1v) is 7.33. The second-order valence-corrected chi connectivity index (χ2v) is 5.71. The van der Waals surface area contributed by atoms with Crippen molar-refractivity contribution in [1.82, 2.24) is 4.98 Å². The zero-order valence-electron chi connectivity index (χ0n) is 12.0. The standard InChI is InChI=1S/C14H10FIN2O6/c1-24-10-4(2-3-5(16)9(10)15)6-7(13(20)21)11(17)18-12(19)8(6)14(22)23/h2-3H,1H3,(H,20,21)(H,22,23)(H3,17,18,19). The van der Waals surface area contributed by atoms with Gasteiger partial charge in [-0.3, -0.25) is 4.79 Å². The largest absolute Gasteiger partial charge is 0.493 e. The van der Waals surface area contributed by atoms with Crippen molar-refractivity contribution in [2.45, 2.75) is 0 Å². The van der Waals surface area contributed by atoms with E-state index in [-0.39, 0.29) is 9.13 Å². The fourth-order valence-corrected chi connectivity index (χ4v) is 2.67. The van der Waals surface area contributed by atoms with Crippen LogP contribution in [0.5, 0.6) is 5.75 Å². The highest BCUT2D eigenvalue weighted by atomic mass is 127. The molecule has 0 saturated heterocycles. The number of methoxy groups -OCH3 is 1. The van der Waals surface area contributed by atoms with Crippen molar-refractivity contribution in [2.24, 2.45) is 0 Å². The van der Waals surface area contributed by atoms with Gasteiger partial charge in [0.2, 0.25) is 0 Å². The Morgan fingerprint density at radius 1 is 1.25 bits per heavy atom. The SMILES string of the molecule is COc1c(-c2c(C(=O)O)c(N)[nH]c(=O)c2C(=O)O)ccc(I)c1F. The maximum Gasteiger partial charge on any atom is 0.342 e. The summed E-state index contributed by atoms with van der Waals surface area (Å²) >= 11 is 1.69. The summed E-state index contributed by atoms with van der Waals surface area (Å²) in [5, 5.41) is 18.7. The van der Waals surface area contributed by atoms with E-state index in [0.29, 0.717) is 0 Å². The molecule has 0 aliphatic rings. The van der Waals surface area contributed by atoms with Gasteiger partial charge in [-0.05, 0) is 34.7 Å². The summed E-state index contributed by atoms with van der Waals surface area (Å²) < 4.78 is 19.4. The number of aromatic carboxylic acids is 2. The topological polar surface area (TPSA) is 143 Å². The lowest BCUT2D eigenvalue weighted by Crippen LogP contribution is -2.24. The second-order valence-electron chi connectivity index (χ2n) is 4.55. The normalized spacial score (nSPS) is 10.5. The molecule has 0 aliphatic carbocycles. The summed E-state index contributed by atoms with van der Waals surface area (Å²) in [5.74, 6) is -5.02. The third-order valence-corrected chi connectivity index (χ3v) is 4.03. The number of anilines is 1. The van der Waals surface area contributed by atoms with Gasteiger partial charge < -0.3 is 25.7 Å². The van der Waals surface area contributed by atoms with Gasteiger partial charge in [0, 0.05) is 11.1 Å². The number of ether oxygens (including phenoxy) is 1. The molecule has 0 bridgehead atoms. The summed E-state index contributed by atoms with van der Waals surface area (Å²) in [4.78, 5) is 36.9. The molecule has 2 rings (SSSR count). The minimum Gasteiger partial charge on any atom is -0.493 e. The van der Waals surface area contributed by atoms with Crippen LogP contribution in [0.2, 0.25) is 0 Å². The number of rotatable bonds is 4. The molecule has 10 heteroatoms. The van der Waals surface area contributed by atoms with Crippen LogP contribution in [0.4, 0.5) is 10.2 Å². The molecule has 2 aromatic rings. The number of aromatic amines is 1. The van der Waals surface area contributed by atoms with Gasteiger partial charge in [0.05, 0.1) is 10.7 Å². The highest BCUT2D eigenvalue weighted by Gasteiger charge is 2.29. The number of hydrogen-bond acceptors (Lipinski definition) is 5. The van der Waals surface area contributed by atoms with Gasteiger partial charge in [-0.25, -0.2) is 14.0 Å². The summed E-state index contributed by atoms with van der Waals surface area (Å²) in [7, 11) is 1.13. The predicted molar refractivity (Wildman–Crippen MR) is 90.1 cm³/mol. The fraction of sp³-hybridized carbons (Fsp3) is 0.0714. The van der Waals surface area contributed by atoms with Crippen molar-refractivity contribution in [2.75, 3.05) is 12.8 Å². The first-order chi connectivity index (χ1) is 11.2. The van der Waals surface area contributed by atoms with Crippen molar-refractivity contribution in [3.63, 3.8) is 0 Å². The minimum absolute atomic E-state index is 0.166. The van der Waals surface area contributed by atoms with Crippen LogP contribution in [0.15, 0.2) is 16.9 Å². The fourth-order valence-electron chi connectivity index (χ4n) is 2.24. The second kappa shape index (κ2) is 6.47. The zero-order valence-corrected chi connectivity index (χ0v) is 14.2. The molecular weight excluding hydrogens is 438 g/mol. The Balaban J connectivity index is 3.09. The van der Waals surface area contributed by atoms with Crippen LogP contribution in [0.1, 0.15) is 20.7 Å². The van der Waals surface area contributed by atoms with Gasteiger partial charge in [0.1, 0.15) is 16.9 Å². The third-order valence-electron chi connectivity index (χ3n) is 3.20. The van der Waals surface area contributed by atoms with E-state index < -0.39 is 51.6 Å². The molecule has 126 valence electrons. The van der Waals surface area contributed by atoms with E-state index in [1.807, 2.05) is 4.98 Å². The smallest absolute Gasteiger partial charge is 0.342 e. The van der Waals surface area contributed by atoms with Crippen molar-refractivity contribution in [3.05, 3.63) is 43.0 Å². The Labute approximate surface area is 147 Å². The first-order valence-electron chi connectivity index (χ1n) is 6.25. The van der Waals surface area contributed by atoms with E-state index in [4.69, 9.17) is 10.5 Å². The number of nitrogens with two attached hydrogens (primary N) is 1. The van der Waals surface area contributed by atoms with Crippen LogP contribution < -0.4 is 16.0 Å². The molecule has 0 radical (unpaired) electrons. The van der Waals surface area contributed by atoms with Crippen molar-refractivity contribution < 1.29 is 28.9 Å². The molecule has 0 spiro atoms. The summed E-state index contributed by atoms with van der Waals surface area (Å²) in [5.41, 5.74) is 2.15. The number of carboxylic acids is 2. The number of halogens is 2. The molecule has 5 N–H and O–H groups in total. The summed E-state index contributed by atoms with van der Waals surface area (Å²) in [6, 6.07) is 2.55. The van der Waals surface area contributed by atoms with Gasteiger partial charge >= 0.3 is 11.9 Å². The molecule has 0 fully saturated rings. The number of nitrogen functional groups attached to an aromatic ring is 1. The van der Waals surface area contributed by atoms with Crippen molar-refractivity contribution in [1.29, 1.82) is 0 Å². The highest BCUT2D eigenvalue weighted by molar-refractivity contribution is 14.1. The Morgan fingerprint density at radius 2 is 1.83 bits per heavy atom.